The number of nitrogens with zero attached hydrogens (tertiary/aromatic N) is 4. The van der Waals surface area contributed by atoms with Crippen molar-refractivity contribution in [3.8, 4) is 0 Å². The molecule has 5 rings (SSSR count). The number of fused-ring (bicyclic) bond motifs is 2. The number of rotatable bonds is 4. The first kappa shape index (κ1) is 22.4. The summed E-state index contributed by atoms with van der Waals surface area (Å²) in [6.07, 6.45) is 5.03. The average molecular weight is 459 g/mol. The van der Waals surface area contributed by atoms with Gasteiger partial charge in [-0.2, -0.15) is 0 Å². The minimum atomic E-state index is -0.241. The van der Waals surface area contributed by atoms with Crippen LogP contribution in [0, 0.1) is 17.7 Å². The van der Waals surface area contributed by atoms with Crippen LogP contribution in [0.2, 0.25) is 0 Å². The Bertz CT molecular complexity index is 911. The number of benzene rings is 1. The lowest BCUT2D eigenvalue weighted by molar-refractivity contribution is 0.102. The van der Waals surface area contributed by atoms with E-state index < -0.39 is 0 Å². The molecule has 0 bridgehead atoms. The smallest absolute Gasteiger partial charge is 0.409 e. The van der Waals surface area contributed by atoms with Gasteiger partial charge in [-0.05, 0) is 80.8 Å². The highest BCUT2D eigenvalue weighted by atomic mass is 19.1. The fraction of sp³-hybridized carbons (Fsp3) is 0.680. The molecule has 1 aliphatic carbocycles. The van der Waals surface area contributed by atoms with Gasteiger partial charge < -0.3 is 19.4 Å². The van der Waals surface area contributed by atoms with Crippen LogP contribution in [0.4, 0.5) is 19.7 Å². The molecule has 1 aromatic carbocycles. The van der Waals surface area contributed by atoms with Gasteiger partial charge in [0.05, 0.1) is 6.61 Å². The van der Waals surface area contributed by atoms with E-state index in [1.165, 1.54) is 18.9 Å². The number of anilines is 1. The van der Waals surface area contributed by atoms with Gasteiger partial charge in [-0.3, -0.25) is 4.90 Å². The van der Waals surface area contributed by atoms with Crippen molar-refractivity contribution in [1.82, 2.24) is 14.7 Å². The van der Waals surface area contributed by atoms with Crippen LogP contribution in [-0.4, -0.2) is 86.8 Å². The molecule has 1 atom stereocenters. The van der Waals surface area contributed by atoms with E-state index in [-0.39, 0.29) is 23.4 Å². The summed E-state index contributed by atoms with van der Waals surface area (Å²) in [6.45, 7) is 5.54. The van der Waals surface area contributed by atoms with E-state index in [0.29, 0.717) is 25.0 Å². The molecular weight excluding hydrogens is 423 g/mol. The van der Waals surface area contributed by atoms with Gasteiger partial charge in [-0.25, -0.2) is 14.0 Å². The third-order valence-electron chi connectivity index (χ3n) is 7.91. The van der Waals surface area contributed by atoms with E-state index in [0.717, 1.165) is 63.2 Å². The highest BCUT2D eigenvalue weighted by molar-refractivity contribution is 5.95. The standard InChI is InChI=1S/C25H35FN4O3/c1-27(2)23(31)30-17-25(21-13-20(26)5-6-22(21)30)8-11-28(12-9-25)14-19-7-10-29(15-19)24(32)33-16-18-3-4-18/h5-6,13,18-19H,3-4,7-12,14-17H2,1-2H3/t19-/m1/s1. The highest BCUT2D eigenvalue weighted by Crippen LogP contribution is 2.47. The number of hydrogen-bond acceptors (Lipinski definition) is 4. The maximum absolute atomic E-state index is 14.2. The van der Waals surface area contributed by atoms with Crippen molar-refractivity contribution in [2.45, 2.75) is 37.5 Å². The summed E-state index contributed by atoms with van der Waals surface area (Å²) in [6, 6.07) is 4.78. The lowest BCUT2D eigenvalue weighted by Gasteiger charge is -2.40. The number of ether oxygens (including phenoxy) is 1. The predicted octanol–water partition coefficient (Wildman–Crippen LogP) is 3.53. The Kier molecular flexibility index (Phi) is 5.97. The van der Waals surface area contributed by atoms with E-state index in [1.807, 2.05) is 9.80 Å². The van der Waals surface area contributed by atoms with E-state index in [4.69, 9.17) is 4.74 Å². The number of carbonyl (C=O) groups is 2. The van der Waals surface area contributed by atoms with Gasteiger partial charge in [0.15, 0.2) is 0 Å². The first-order chi connectivity index (χ1) is 15.8. The molecule has 0 radical (unpaired) electrons. The van der Waals surface area contributed by atoms with Crippen molar-refractivity contribution < 1.29 is 18.7 Å². The molecule has 33 heavy (non-hydrogen) atoms. The van der Waals surface area contributed by atoms with Crippen molar-refractivity contribution in [3.05, 3.63) is 29.6 Å². The van der Waals surface area contributed by atoms with Gasteiger partial charge in [0, 0.05) is 51.4 Å². The monoisotopic (exact) mass is 458 g/mol. The fourth-order valence-electron chi connectivity index (χ4n) is 5.72. The molecule has 180 valence electrons. The Hall–Kier alpha value is -2.35. The summed E-state index contributed by atoms with van der Waals surface area (Å²) < 4.78 is 19.6. The maximum atomic E-state index is 14.2. The SMILES string of the molecule is CN(C)C(=O)N1CC2(CCN(C[C@H]3CCN(C(=O)OCC4CC4)C3)CC2)c2cc(F)ccc21. The lowest BCUT2D eigenvalue weighted by Crippen LogP contribution is -2.48. The zero-order valence-corrected chi connectivity index (χ0v) is 19.8. The van der Waals surface area contributed by atoms with Gasteiger partial charge in [0.25, 0.3) is 0 Å². The third-order valence-corrected chi connectivity index (χ3v) is 7.91. The van der Waals surface area contributed by atoms with Crippen molar-refractivity contribution >= 4 is 17.8 Å². The average Bonchev–Trinajstić information content (AvgIpc) is 3.44. The topological polar surface area (TPSA) is 56.3 Å². The first-order valence-corrected chi connectivity index (χ1v) is 12.3. The zero-order chi connectivity index (χ0) is 23.2. The van der Waals surface area contributed by atoms with Crippen LogP contribution in [0.1, 0.15) is 37.7 Å². The largest absolute Gasteiger partial charge is 0.449 e. The molecule has 3 aliphatic heterocycles. The highest BCUT2D eigenvalue weighted by Gasteiger charge is 2.47. The molecule has 0 unspecified atom stereocenters. The van der Waals surface area contributed by atoms with Gasteiger partial charge in [0.2, 0.25) is 0 Å². The van der Waals surface area contributed by atoms with Crippen molar-refractivity contribution in [2.75, 3.05) is 64.9 Å². The summed E-state index contributed by atoms with van der Waals surface area (Å²) >= 11 is 0. The van der Waals surface area contributed by atoms with Crippen molar-refractivity contribution in [2.24, 2.45) is 11.8 Å². The van der Waals surface area contributed by atoms with E-state index in [1.54, 1.807) is 31.1 Å². The summed E-state index contributed by atoms with van der Waals surface area (Å²) in [5.74, 6) is 0.813. The number of amides is 3. The summed E-state index contributed by atoms with van der Waals surface area (Å²) in [4.78, 5) is 32.8. The molecule has 2 saturated heterocycles. The second kappa shape index (κ2) is 8.78. The second-order valence-electron chi connectivity index (χ2n) is 10.6. The Morgan fingerprint density at radius 1 is 1.12 bits per heavy atom. The van der Waals surface area contributed by atoms with Gasteiger partial charge in [-0.1, -0.05) is 0 Å². The fourth-order valence-corrected chi connectivity index (χ4v) is 5.72. The van der Waals surface area contributed by atoms with Gasteiger partial charge >= 0.3 is 12.1 Å². The molecule has 0 aromatic heterocycles. The third kappa shape index (κ3) is 4.54. The predicted molar refractivity (Wildman–Crippen MR) is 124 cm³/mol. The minimum absolute atomic E-state index is 0.0539. The molecule has 4 aliphatic rings. The lowest BCUT2D eigenvalue weighted by atomic mass is 9.74. The quantitative estimate of drug-likeness (QED) is 0.693. The molecule has 8 heteroatoms. The molecular formula is C25H35FN4O3. The van der Waals surface area contributed by atoms with Crippen LogP contribution in [0.5, 0.6) is 0 Å². The number of urea groups is 1. The van der Waals surface area contributed by atoms with Gasteiger partial charge in [-0.15, -0.1) is 0 Å². The molecule has 1 aromatic rings. The van der Waals surface area contributed by atoms with E-state index in [9.17, 15) is 14.0 Å². The molecule has 3 heterocycles. The van der Waals surface area contributed by atoms with Crippen LogP contribution < -0.4 is 4.90 Å². The van der Waals surface area contributed by atoms with Crippen LogP contribution in [-0.2, 0) is 10.2 Å². The van der Waals surface area contributed by atoms with Crippen molar-refractivity contribution in [1.29, 1.82) is 0 Å². The van der Waals surface area contributed by atoms with Crippen LogP contribution in [0.25, 0.3) is 0 Å². The van der Waals surface area contributed by atoms with Crippen LogP contribution in [0.3, 0.4) is 0 Å². The number of halogens is 1. The Morgan fingerprint density at radius 3 is 2.58 bits per heavy atom. The summed E-state index contributed by atoms with van der Waals surface area (Å²) in [7, 11) is 3.51. The van der Waals surface area contributed by atoms with Crippen LogP contribution >= 0.6 is 0 Å². The van der Waals surface area contributed by atoms with Crippen LogP contribution in [0.15, 0.2) is 18.2 Å². The minimum Gasteiger partial charge on any atom is -0.449 e. The van der Waals surface area contributed by atoms with E-state index in [2.05, 4.69) is 4.90 Å². The molecule has 7 nitrogen and oxygen atoms in total. The molecule has 1 spiro atoms. The Balaban J connectivity index is 1.18. The molecule has 3 fully saturated rings. The maximum Gasteiger partial charge on any atom is 0.409 e. The molecule has 1 saturated carbocycles. The molecule has 0 N–H and O–H groups in total. The summed E-state index contributed by atoms with van der Waals surface area (Å²) in [5.41, 5.74) is 1.64. The zero-order valence-electron chi connectivity index (χ0n) is 19.8. The Morgan fingerprint density at radius 2 is 1.88 bits per heavy atom. The normalized spacial score (nSPS) is 24.3. The summed E-state index contributed by atoms with van der Waals surface area (Å²) in [5, 5.41) is 0. The van der Waals surface area contributed by atoms with E-state index >= 15 is 0 Å². The number of likely N-dealkylation sites (tertiary alicyclic amines) is 2. The second-order valence-corrected chi connectivity index (χ2v) is 10.6. The Labute approximate surface area is 195 Å². The number of piperidine rings is 1. The van der Waals surface area contributed by atoms with Gasteiger partial charge in [0.1, 0.15) is 5.82 Å². The number of carbonyl (C=O) groups excluding carboxylic acids is 2. The number of hydrogen-bond donors (Lipinski definition) is 0. The van der Waals surface area contributed by atoms with Crippen molar-refractivity contribution in [3.63, 3.8) is 0 Å². The first-order valence-electron chi connectivity index (χ1n) is 12.3. The molecule has 3 amide bonds.